The van der Waals surface area contributed by atoms with Crippen molar-refractivity contribution < 1.29 is 9.59 Å². The van der Waals surface area contributed by atoms with Crippen LogP contribution in [0, 0.1) is 19.8 Å². The van der Waals surface area contributed by atoms with E-state index in [9.17, 15) is 9.59 Å². The average Bonchev–Trinajstić information content (AvgIpc) is 2.62. The second-order valence-corrected chi connectivity index (χ2v) is 7.33. The van der Waals surface area contributed by atoms with Crippen molar-refractivity contribution in [3.63, 3.8) is 0 Å². The molecule has 5 heteroatoms. The third-order valence-electron chi connectivity index (χ3n) is 4.86. The average molecular weight is 367 g/mol. The Hall–Kier alpha value is -2.69. The van der Waals surface area contributed by atoms with Crippen molar-refractivity contribution in [3.05, 3.63) is 53.1 Å². The standard InChI is InChI=1S/C22H29N3O2/c1-14(2)18-9-8-17(5)20(13-18)24-25-22(27)11-10-21(26)23-19-12-15(3)6-7-16(19)4/h6-8,12,18H,1,9-11,13H2,2-5H3,(H,23,26)(H,25,27)/b24-20+. The van der Waals surface area contributed by atoms with Crippen molar-refractivity contribution in [3.8, 4) is 0 Å². The molecule has 0 radical (unpaired) electrons. The first-order valence-electron chi connectivity index (χ1n) is 9.31. The van der Waals surface area contributed by atoms with E-state index < -0.39 is 0 Å². The van der Waals surface area contributed by atoms with E-state index in [1.54, 1.807) is 0 Å². The van der Waals surface area contributed by atoms with Crippen LogP contribution in [0.25, 0.3) is 0 Å². The lowest BCUT2D eigenvalue weighted by molar-refractivity contribution is -0.124. The Kier molecular flexibility index (Phi) is 7.11. The van der Waals surface area contributed by atoms with Gasteiger partial charge in [0.2, 0.25) is 11.8 Å². The highest BCUT2D eigenvalue weighted by Gasteiger charge is 2.19. The summed E-state index contributed by atoms with van der Waals surface area (Å²) >= 11 is 0. The predicted octanol–water partition coefficient (Wildman–Crippen LogP) is 4.43. The summed E-state index contributed by atoms with van der Waals surface area (Å²) in [5, 5.41) is 7.12. The number of anilines is 1. The molecule has 2 N–H and O–H groups in total. The molecule has 1 aromatic carbocycles. The largest absolute Gasteiger partial charge is 0.326 e. The maximum atomic E-state index is 12.1. The molecule has 1 unspecified atom stereocenters. The van der Waals surface area contributed by atoms with Gasteiger partial charge in [-0.3, -0.25) is 9.59 Å². The van der Waals surface area contributed by atoms with Gasteiger partial charge in [0, 0.05) is 18.5 Å². The molecule has 1 aliphatic rings. The summed E-state index contributed by atoms with van der Waals surface area (Å²) in [6, 6.07) is 5.89. The zero-order chi connectivity index (χ0) is 20.0. The van der Waals surface area contributed by atoms with E-state index in [0.717, 1.165) is 46.5 Å². The number of benzene rings is 1. The fourth-order valence-corrected chi connectivity index (χ4v) is 2.92. The van der Waals surface area contributed by atoms with Gasteiger partial charge in [0.25, 0.3) is 0 Å². The highest BCUT2D eigenvalue weighted by Crippen LogP contribution is 2.26. The number of hydrogen-bond acceptors (Lipinski definition) is 3. The molecule has 1 aromatic rings. The first kappa shape index (κ1) is 20.6. The molecule has 0 fully saturated rings. The number of carbonyl (C=O) groups excluding carboxylic acids is 2. The minimum atomic E-state index is -0.260. The van der Waals surface area contributed by atoms with Crippen molar-refractivity contribution in [2.45, 2.75) is 53.4 Å². The maximum absolute atomic E-state index is 12.1. The Morgan fingerprint density at radius 1 is 1.19 bits per heavy atom. The molecule has 0 saturated heterocycles. The minimum absolute atomic E-state index is 0.0974. The Morgan fingerprint density at radius 3 is 2.59 bits per heavy atom. The maximum Gasteiger partial charge on any atom is 0.240 e. The summed E-state index contributed by atoms with van der Waals surface area (Å²) in [4.78, 5) is 24.2. The van der Waals surface area contributed by atoms with Gasteiger partial charge in [-0.1, -0.05) is 30.4 Å². The summed E-state index contributed by atoms with van der Waals surface area (Å²) in [6.07, 6.45) is 4.09. The first-order chi connectivity index (χ1) is 12.8. The molecule has 0 bridgehead atoms. The van der Waals surface area contributed by atoms with Gasteiger partial charge in [0.1, 0.15) is 0 Å². The lowest BCUT2D eigenvalue weighted by Gasteiger charge is -2.22. The normalized spacial score (nSPS) is 18.0. The summed E-state index contributed by atoms with van der Waals surface area (Å²) in [6.45, 7) is 11.9. The topological polar surface area (TPSA) is 70.6 Å². The van der Waals surface area contributed by atoms with Crippen molar-refractivity contribution >= 4 is 23.2 Å². The number of hydrogen-bond donors (Lipinski definition) is 2. The fraction of sp³-hybridized carbons (Fsp3) is 0.409. The molecule has 0 aliphatic heterocycles. The van der Waals surface area contributed by atoms with Crippen LogP contribution in [0.2, 0.25) is 0 Å². The van der Waals surface area contributed by atoms with Crippen molar-refractivity contribution in [1.82, 2.24) is 5.43 Å². The Bertz CT molecular complexity index is 806. The molecule has 2 rings (SSSR count). The van der Waals surface area contributed by atoms with Gasteiger partial charge in [-0.15, -0.1) is 0 Å². The van der Waals surface area contributed by atoms with Crippen molar-refractivity contribution in [2.75, 3.05) is 5.32 Å². The zero-order valence-corrected chi connectivity index (χ0v) is 16.7. The van der Waals surface area contributed by atoms with Gasteiger partial charge in [0.05, 0.1) is 5.71 Å². The van der Waals surface area contributed by atoms with Crippen LogP contribution < -0.4 is 10.7 Å². The Morgan fingerprint density at radius 2 is 1.89 bits per heavy atom. The highest BCUT2D eigenvalue weighted by atomic mass is 16.2. The summed E-state index contributed by atoms with van der Waals surface area (Å²) in [5.41, 5.74) is 8.53. The van der Waals surface area contributed by atoms with Gasteiger partial charge in [-0.25, -0.2) is 5.43 Å². The number of allylic oxidation sites excluding steroid dienone is 3. The van der Waals surface area contributed by atoms with Crippen LogP contribution in [0.15, 0.2) is 47.1 Å². The minimum Gasteiger partial charge on any atom is -0.326 e. The predicted molar refractivity (Wildman–Crippen MR) is 111 cm³/mol. The van der Waals surface area contributed by atoms with Gasteiger partial charge in [-0.05, 0) is 69.2 Å². The molecular weight excluding hydrogens is 338 g/mol. The van der Waals surface area contributed by atoms with E-state index in [-0.39, 0.29) is 24.7 Å². The molecule has 0 saturated carbocycles. The second-order valence-electron chi connectivity index (χ2n) is 7.33. The lowest BCUT2D eigenvalue weighted by atomic mass is 9.85. The van der Waals surface area contributed by atoms with Crippen LogP contribution in [0.3, 0.4) is 0 Å². The highest BCUT2D eigenvalue weighted by molar-refractivity contribution is 6.01. The molecule has 144 valence electrons. The van der Waals surface area contributed by atoms with E-state index >= 15 is 0 Å². The van der Waals surface area contributed by atoms with E-state index in [2.05, 4.69) is 28.5 Å². The fourth-order valence-electron chi connectivity index (χ4n) is 2.92. The number of aryl methyl sites for hydroxylation is 2. The Labute approximate surface area is 161 Å². The van der Waals surface area contributed by atoms with Crippen molar-refractivity contribution in [2.24, 2.45) is 11.0 Å². The van der Waals surface area contributed by atoms with Crippen LogP contribution in [0.4, 0.5) is 5.69 Å². The molecule has 0 aromatic heterocycles. The summed E-state index contributed by atoms with van der Waals surface area (Å²) in [5.74, 6) is -0.0702. The molecule has 1 atom stereocenters. The van der Waals surface area contributed by atoms with E-state index in [1.807, 2.05) is 45.9 Å². The van der Waals surface area contributed by atoms with E-state index in [1.165, 1.54) is 0 Å². The van der Waals surface area contributed by atoms with Crippen molar-refractivity contribution in [1.29, 1.82) is 0 Å². The zero-order valence-electron chi connectivity index (χ0n) is 16.7. The van der Waals surface area contributed by atoms with Gasteiger partial charge in [-0.2, -0.15) is 5.10 Å². The third kappa shape index (κ3) is 6.20. The number of rotatable bonds is 6. The number of carbonyl (C=O) groups is 2. The van der Waals surface area contributed by atoms with Crippen LogP contribution in [-0.2, 0) is 9.59 Å². The third-order valence-corrected chi connectivity index (χ3v) is 4.86. The SMILES string of the molecule is C=C(C)C1CC=C(C)/C(=N/NC(=O)CCC(=O)Nc2cc(C)ccc2C)C1. The molecule has 0 spiro atoms. The molecule has 2 amide bonds. The van der Waals surface area contributed by atoms with E-state index in [4.69, 9.17) is 0 Å². The molecule has 27 heavy (non-hydrogen) atoms. The van der Waals surface area contributed by atoms with Crippen LogP contribution in [0.5, 0.6) is 0 Å². The van der Waals surface area contributed by atoms with Crippen LogP contribution in [-0.4, -0.2) is 17.5 Å². The Balaban J connectivity index is 1.84. The van der Waals surface area contributed by atoms with Crippen LogP contribution in [0.1, 0.15) is 50.7 Å². The van der Waals surface area contributed by atoms with Gasteiger partial charge >= 0.3 is 0 Å². The molecule has 1 aliphatic carbocycles. The molecule has 0 heterocycles. The smallest absolute Gasteiger partial charge is 0.240 e. The molecule has 5 nitrogen and oxygen atoms in total. The second kappa shape index (κ2) is 9.31. The quantitative estimate of drug-likeness (QED) is 0.577. The van der Waals surface area contributed by atoms with Crippen LogP contribution >= 0.6 is 0 Å². The number of hydrazone groups is 1. The summed E-state index contributed by atoms with van der Waals surface area (Å²) < 4.78 is 0. The lowest BCUT2D eigenvalue weighted by Crippen LogP contribution is -2.24. The van der Waals surface area contributed by atoms with Gasteiger partial charge < -0.3 is 5.32 Å². The monoisotopic (exact) mass is 367 g/mol. The van der Waals surface area contributed by atoms with Gasteiger partial charge in [0.15, 0.2) is 0 Å². The molecular formula is C22H29N3O2. The number of amides is 2. The first-order valence-corrected chi connectivity index (χ1v) is 9.31. The number of nitrogens with zero attached hydrogens (tertiary/aromatic N) is 1. The number of nitrogens with one attached hydrogen (secondary N) is 2. The van der Waals surface area contributed by atoms with E-state index in [0.29, 0.717) is 5.92 Å². The summed E-state index contributed by atoms with van der Waals surface area (Å²) in [7, 11) is 0.